The number of nitrogens with zero attached hydrogens (tertiary/aromatic N) is 2. The molecule has 0 unspecified atom stereocenters. The maximum atomic E-state index is 10.6. The van der Waals surface area contributed by atoms with E-state index in [9.17, 15) is 4.79 Å². The van der Waals surface area contributed by atoms with Crippen LogP contribution in [0.3, 0.4) is 0 Å². The topological polar surface area (TPSA) is 43.8 Å². The highest BCUT2D eigenvalue weighted by Crippen LogP contribution is 2.26. The molecule has 0 saturated carbocycles. The van der Waals surface area contributed by atoms with Crippen molar-refractivity contribution in [2.45, 2.75) is 6.42 Å². The molecule has 1 aromatic carbocycles. The minimum absolute atomic E-state index is 0.878. The fourth-order valence-electron chi connectivity index (χ4n) is 2.31. The van der Waals surface area contributed by atoms with Crippen molar-refractivity contribution in [1.29, 1.82) is 0 Å². The lowest BCUT2D eigenvalue weighted by atomic mass is 10.1. The van der Waals surface area contributed by atoms with Crippen LogP contribution in [0.15, 0.2) is 28.7 Å². The largest absolute Gasteiger partial charge is 0.478 e. The molecule has 0 spiro atoms. The van der Waals surface area contributed by atoms with Crippen LogP contribution in [0, 0.1) is 0 Å². The van der Waals surface area contributed by atoms with Crippen LogP contribution in [-0.4, -0.2) is 49.2 Å². The van der Waals surface area contributed by atoms with E-state index in [1.807, 2.05) is 6.07 Å². The standard InChI is InChI=1S/C15H19BrN2O2/c1-17-7-2-8-18(10-9-17)13-5-3-12(14(16)11-13)4-6-15(19)20/h3-6,11H,2,7-10H2,1H3,(H,19,20)/b6-4+. The molecule has 20 heavy (non-hydrogen) atoms. The lowest BCUT2D eigenvalue weighted by Crippen LogP contribution is -2.28. The van der Waals surface area contributed by atoms with Gasteiger partial charge >= 0.3 is 5.97 Å². The lowest BCUT2D eigenvalue weighted by Gasteiger charge is -2.23. The van der Waals surface area contributed by atoms with E-state index in [1.165, 1.54) is 5.69 Å². The number of hydrogen-bond donors (Lipinski definition) is 1. The molecule has 1 N–H and O–H groups in total. The molecule has 108 valence electrons. The van der Waals surface area contributed by atoms with Gasteiger partial charge in [-0.3, -0.25) is 0 Å². The van der Waals surface area contributed by atoms with E-state index in [-0.39, 0.29) is 0 Å². The number of carboxylic acids is 1. The summed E-state index contributed by atoms with van der Waals surface area (Å²) >= 11 is 3.51. The molecule has 0 atom stereocenters. The maximum absolute atomic E-state index is 10.6. The summed E-state index contributed by atoms with van der Waals surface area (Å²) in [4.78, 5) is 15.3. The summed E-state index contributed by atoms with van der Waals surface area (Å²) in [7, 11) is 2.15. The Labute approximate surface area is 127 Å². The predicted octanol–water partition coefficient (Wildman–Crippen LogP) is 2.69. The van der Waals surface area contributed by atoms with Crippen LogP contribution >= 0.6 is 15.9 Å². The van der Waals surface area contributed by atoms with Gasteiger partial charge in [0.15, 0.2) is 0 Å². The molecule has 1 aliphatic rings. The smallest absolute Gasteiger partial charge is 0.328 e. The molecule has 1 heterocycles. The van der Waals surface area contributed by atoms with Crippen LogP contribution in [0.4, 0.5) is 5.69 Å². The summed E-state index contributed by atoms with van der Waals surface area (Å²) in [5.41, 5.74) is 2.06. The summed E-state index contributed by atoms with van der Waals surface area (Å²) in [6.07, 6.45) is 3.92. The fourth-order valence-corrected chi connectivity index (χ4v) is 2.81. The first-order valence-electron chi connectivity index (χ1n) is 6.70. The highest BCUT2D eigenvalue weighted by Gasteiger charge is 2.13. The monoisotopic (exact) mass is 338 g/mol. The van der Waals surface area contributed by atoms with Gasteiger partial charge in [-0.05, 0) is 43.8 Å². The zero-order valence-electron chi connectivity index (χ0n) is 11.6. The highest BCUT2D eigenvalue weighted by molar-refractivity contribution is 9.10. The van der Waals surface area contributed by atoms with Gasteiger partial charge in [-0.25, -0.2) is 4.79 Å². The second-order valence-corrected chi connectivity index (χ2v) is 5.88. The number of rotatable bonds is 3. The Balaban J connectivity index is 2.13. The van der Waals surface area contributed by atoms with Crippen LogP contribution in [-0.2, 0) is 4.79 Å². The van der Waals surface area contributed by atoms with Crippen molar-refractivity contribution in [3.63, 3.8) is 0 Å². The van der Waals surface area contributed by atoms with E-state index >= 15 is 0 Å². The van der Waals surface area contributed by atoms with E-state index in [4.69, 9.17) is 5.11 Å². The molecule has 1 fully saturated rings. The van der Waals surface area contributed by atoms with Crippen molar-refractivity contribution < 1.29 is 9.90 Å². The summed E-state index contributed by atoms with van der Waals surface area (Å²) in [5.74, 6) is -0.934. The Hall–Kier alpha value is -1.33. The van der Waals surface area contributed by atoms with E-state index in [1.54, 1.807) is 6.08 Å². The third kappa shape index (κ3) is 4.08. The normalized spacial score (nSPS) is 17.4. The fraction of sp³-hybridized carbons (Fsp3) is 0.400. The van der Waals surface area contributed by atoms with Crippen molar-refractivity contribution in [3.8, 4) is 0 Å². The summed E-state index contributed by atoms with van der Waals surface area (Å²) in [6, 6.07) is 6.07. The van der Waals surface area contributed by atoms with Crippen LogP contribution in [0.2, 0.25) is 0 Å². The number of carboxylic acid groups (broad SMARTS) is 1. The van der Waals surface area contributed by atoms with Crippen molar-refractivity contribution in [3.05, 3.63) is 34.3 Å². The van der Waals surface area contributed by atoms with Crippen LogP contribution in [0.5, 0.6) is 0 Å². The Bertz CT molecular complexity index is 517. The summed E-state index contributed by atoms with van der Waals surface area (Å²) in [5, 5.41) is 8.67. The van der Waals surface area contributed by atoms with Crippen molar-refractivity contribution in [2.75, 3.05) is 38.1 Å². The first kappa shape index (κ1) is 15.1. The molecule has 1 saturated heterocycles. The first-order valence-corrected chi connectivity index (χ1v) is 7.49. The Morgan fingerprint density at radius 3 is 2.80 bits per heavy atom. The van der Waals surface area contributed by atoms with Crippen molar-refractivity contribution in [1.82, 2.24) is 4.90 Å². The third-order valence-corrected chi connectivity index (χ3v) is 4.16. The van der Waals surface area contributed by atoms with Gasteiger partial charge in [-0.2, -0.15) is 0 Å². The SMILES string of the molecule is CN1CCCN(c2ccc(/C=C/C(=O)O)c(Br)c2)CC1. The number of aliphatic carboxylic acids is 1. The number of carbonyl (C=O) groups is 1. The molecule has 4 nitrogen and oxygen atoms in total. The van der Waals surface area contributed by atoms with E-state index in [2.05, 4.69) is 44.9 Å². The first-order chi connectivity index (χ1) is 9.56. The van der Waals surface area contributed by atoms with E-state index in [0.29, 0.717) is 0 Å². The minimum atomic E-state index is -0.934. The number of anilines is 1. The molecular formula is C15H19BrN2O2. The molecule has 1 aromatic rings. The molecule has 0 amide bonds. The number of likely N-dealkylation sites (N-methyl/N-ethyl adjacent to an activating group) is 1. The number of halogens is 1. The average molecular weight is 339 g/mol. The van der Waals surface area contributed by atoms with Crippen LogP contribution < -0.4 is 4.90 Å². The van der Waals surface area contributed by atoms with Crippen LogP contribution in [0.25, 0.3) is 6.08 Å². The zero-order valence-corrected chi connectivity index (χ0v) is 13.1. The van der Waals surface area contributed by atoms with Gasteiger partial charge in [-0.15, -0.1) is 0 Å². The molecular weight excluding hydrogens is 320 g/mol. The number of hydrogen-bond acceptors (Lipinski definition) is 3. The van der Waals surface area contributed by atoms with E-state index < -0.39 is 5.97 Å². The van der Waals surface area contributed by atoms with Crippen LogP contribution in [0.1, 0.15) is 12.0 Å². The van der Waals surface area contributed by atoms with Crippen molar-refractivity contribution >= 4 is 33.7 Å². The maximum Gasteiger partial charge on any atom is 0.328 e. The van der Waals surface area contributed by atoms with Gasteiger partial charge in [0, 0.05) is 35.9 Å². The second-order valence-electron chi connectivity index (χ2n) is 5.02. The van der Waals surface area contributed by atoms with Crippen molar-refractivity contribution in [2.24, 2.45) is 0 Å². The van der Waals surface area contributed by atoms with Gasteiger partial charge in [-0.1, -0.05) is 22.0 Å². The lowest BCUT2D eigenvalue weighted by molar-refractivity contribution is -0.131. The van der Waals surface area contributed by atoms with E-state index in [0.717, 1.165) is 48.7 Å². The van der Waals surface area contributed by atoms with Gasteiger partial charge in [0.05, 0.1) is 0 Å². The highest BCUT2D eigenvalue weighted by atomic mass is 79.9. The molecule has 2 rings (SSSR count). The predicted molar refractivity (Wildman–Crippen MR) is 85.1 cm³/mol. The molecule has 0 aliphatic carbocycles. The Kier molecular flexibility index (Phi) is 5.20. The molecule has 0 bridgehead atoms. The molecule has 0 radical (unpaired) electrons. The summed E-state index contributed by atoms with van der Waals surface area (Å²) < 4.78 is 0.921. The summed E-state index contributed by atoms with van der Waals surface area (Å²) in [6.45, 7) is 4.28. The second kappa shape index (κ2) is 6.90. The van der Waals surface area contributed by atoms with Gasteiger partial charge in [0.1, 0.15) is 0 Å². The Morgan fingerprint density at radius 1 is 1.30 bits per heavy atom. The van der Waals surface area contributed by atoms with Gasteiger partial charge < -0.3 is 14.9 Å². The zero-order chi connectivity index (χ0) is 14.5. The minimum Gasteiger partial charge on any atom is -0.478 e. The Morgan fingerprint density at radius 2 is 2.10 bits per heavy atom. The molecule has 1 aliphatic heterocycles. The van der Waals surface area contributed by atoms with Gasteiger partial charge in [0.25, 0.3) is 0 Å². The quantitative estimate of drug-likeness (QED) is 0.860. The average Bonchev–Trinajstić information content (AvgIpc) is 2.62. The number of benzene rings is 1. The molecule has 0 aromatic heterocycles. The molecule has 5 heteroatoms. The van der Waals surface area contributed by atoms with Gasteiger partial charge in [0.2, 0.25) is 0 Å². The third-order valence-electron chi connectivity index (χ3n) is 3.47.